The van der Waals surface area contributed by atoms with Gasteiger partial charge < -0.3 is 10.4 Å². The van der Waals surface area contributed by atoms with Crippen LogP contribution in [0, 0.1) is 0 Å². The third-order valence-corrected chi connectivity index (χ3v) is 3.02. The van der Waals surface area contributed by atoms with E-state index in [4.69, 9.17) is 0 Å². The second kappa shape index (κ2) is 6.28. The van der Waals surface area contributed by atoms with Crippen LogP contribution in [0.4, 0.5) is 0 Å². The van der Waals surface area contributed by atoms with Gasteiger partial charge in [-0.15, -0.1) is 0 Å². The van der Waals surface area contributed by atoms with Crippen LogP contribution in [0.3, 0.4) is 0 Å². The zero-order chi connectivity index (χ0) is 12.8. The van der Waals surface area contributed by atoms with Crippen molar-refractivity contribution < 1.29 is 5.11 Å². The van der Waals surface area contributed by atoms with E-state index in [2.05, 4.69) is 17.2 Å². The summed E-state index contributed by atoms with van der Waals surface area (Å²) < 4.78 is 0. The quantitative estimate of drug-likeness (QED) is 0.846. The van der Waals surface area contributed by atoms with Crippen molar-refractivity contribution in [3.05, 3.63) is 66.0 Å². The molecule has 0 amide bonds. The maximum Gasteiger partial charge on any atom is 0.0626 e. The van der Waals surface area contributed by atoms with Crippen molar-refractivity contribution in [2.75, 3.05) is 6.61 Å². The number of hydrogen-bond donors (Lipinski definition) is 2. The molecule has 1 aromatic carbocycles. The number of benzene rings is 1. The smallest absolute Gasteiger partial charge is 0.0626 e. The molecule has 3 nitrogen and oxygen atoms in total. The topological polar surface area (TPSA) is 45.1 Å². The lowest BCUT2D eigenvalue weighted by molar-refractivity contribution is 0.235. The average molecular weight is 242 g/mol. The van der Waals surface area contributed by atoms with E-state index < -0.39 is 0 Å². The van der Waals surface area contributed by atoms with E-state index in [9.17, 15) is 5.11 Å². The average Bonchev–Trinajstić information content (AvgIpc) is 2.46. The lowest BCUT2D eigenvalue weighted by Gasteiger charge is -2.22. The number of aliphatic hydroxyl groups is 1. The number of hydrogen-bond acceptors (Lipinski definition) is 3. The molecule has 2 rings (SSSR count). The Labute approximate surface area is 108 Å². The van der Waals surface area contributed by atoms with Gasteiger partial charge in [-0.1, -0.05) is 36.4 Å². The van der Waals surface area contributed by atoms with Crippen molar-refractivity contribution in [3.63, 3.8) is 0 Å². The minimum Gasteiger partial charge on any atom is -0.394 e. The van der Waals surface area contributed by atoms with Crippen LogP contribution in [0.2, 0.25) is 0 Å². The van der Waals surface area contributed by atoms with Crippen molar-refractivity contribution in [1.82, 2.24) is 10.3 Å². The monoisotopic (exact) mass is 242 g/mol. The summed E-state index contributed by atoms with van der Waals surface area (Å²) in [6.45, 7) is 2.15. The van der Waals surface area contributed by atoms with E-state index in [0.717, 1.165) is 11.1 Å². The maximum absolute atomic E-state index is 9.50. The van der Waals surface area contributed by atoms with E-state index in [1.165, 1.54) is 0 Å². The van der Waals surface area contributed by atoms with Gasteiger partial charge in [0, 0.05) is 18.4 Å². The summed E-state index contributed by atoms with van der Waals surface area (Å²) in [5, 5.41) is 12.9. The number of rotatable bonds is 5. The SMILES string of the molecule is CC(NC(CO)c1ccccc1)c1cccnc1. The molecule has 0 aliphatic heterocycles. The summed E-state index contributed by atoms with van der Waals surface area (Å²) in [5.41, 5.74) is 2.21. The highest BCUT2D eigenvalue weighted by Gasteiger charge is 2.14. The molecule has 2 aromatic rings. The lowest BCUT2D eigenvalue weighted by atomic mass is 10.0. The van der Waals surface area contributed by atoms with Crippen LogP contribution in [0.5, 0.6) is 0 Å². The van der Waals surface area contributed by atoms with E-state index >= 15 is 0 Å². The highest BCUT2D eigenvalue weighted by Crippen LogP contribution is 2.18. The van der Waals surface area contributed by atoms with Crippen LogP contribution >= 0.6 is 0 Å². The van der Waals surface area contributed by atoms with Gasteiger partial charge in [0.2, 0.25) is 0 Å². The molecule has 2 unspecified atom stereocenters. The highest BCUT2D eigenvalue weighted by molar-refractivity contribution is 5.20. The number of aliphatic hydroxyl groups excluding tert-OH is 1. The van der Waals surface area contributed by atoms with Crippen LogP contribution in [0.1, 0.15) is 30.1 Å². The van der Waals surface area contributed by atoms with Gasteiger partial charge in [0.1, 0.15) is 0 Å². The van der Waals surface area contributed by atoms with Crippen molar-refractivity contribution >= 4 is 0 Å². The first kappa shape index (κ1) is 12.7. The van der Waals surface area contributed by atoms with Crippen LogP contribution in [-0.2, 0) is 0 Å². The standard InChI is InChI=1S/C15H18N2O/c1-12(14-8-5-9-16-10-14)17-15(11-18)13-6-3-2-4-7-13/h2-10,12,15,17-18H,11H2,1H3. The Balaban J connectivity index is 2.07. The molecule has 0 saturated carbocycles. The largest absolute Gasteiger partial charge is 0.394 e. The Hall–Kier alpha value is -1.71. The molecule has 18 heavy (non-hydrogen) atoms. The molecule has 2 atom stereocenters. The number of aromatic nitrogens is 1. The Bertz CT molecular complexity index is 458. The number of nitrogens with one attached hydrogen (secondary N) is 1. The van der Waals surface area contributed by atoms with Gasteiger partial charge in [-0.3, -0.25) is 4.98 Å². The normalized spacial score (nSPS) is 14.1. The summed E-state index contributed by atoms with van der Waals surface area (Å²) in [7, 11) is 0. The van der Waals surface area contributed by atoms with Crippen LogP contribution < -0.4 is 5.32 Å². The molecule has 2 N–H and O–H groups in total. The molecular formula is C15H18N2O. The summed E-state index contributed by atoms with van der Waals surface area (Å²) in [6, 6.07) is 14.0. The Morgan fingerprint density at radius 1 is 1.11 bits per heavy atom. The van der Waals surface area contributed by atoms with Crippen molar-refractivity contribution in [2.45, 2.75) is 19.0 Å². The predicted octanol–water partition coefficient (Wildman–Crippen LogP) is 2.47. The Kier molecular flexibility index (Phi) is 4.45. The predicted molar refractivity (Wildman–Crippen MR) is 72.1 cm³/mol. The van der Waals surface area contributed by atoms with Crippen molar-refractivity contribution in [3.8, 4) is 0 Å². The first-order valence-corrected chi connectivity index (χ1v) is 6.13. The van der Waals surface area contributed by atoms with Crippen LogP contribution in [0.15, 0.2) is 54.9 Å². The fourth-order valence-electron chi connectivity index (χ4n) is 1.97. The van der Waals surface area contributed by atoms with Crippen molar-refractivity contribution in [1.29, 1.82) is 0 Å². The van der Waals surface area contributed by atoms with E-state index in [1.807, 2.05) is 48.7 Å². The third kappa shape index (κ3) is 3.15. The minimum absolute atomic E-state index is 0.0543. The molecule has 1 heterocycles. The molecule has 3 heteroatoms. The summed E-state index contributed by atoms with van der Waals surface area (Å²) >= 11 is 0. The molecule has 0 spiro atoms. The Morgan fingerprint density at radius 2 is 1.83 bits per heavy atom. The van der Waals surface area contributed by atoms with E-state index in [0.29, 0.717) is 0 Å². The van der Waals surface area contributed by atoms with Gasteiger partial charge in [0.25, 0.3) is 0 Å². The zero-order valence-corrected chi connectivity index (χ0v) is 10.5. The number of nitrogens with zero attached hydrogens (tertiary/aromatic N) is 1. The molecule has 0 radical (unpaired) electrons. The van der Waals surface area contributed by atoms with Gasteiger partial charge in [-0.2, -0.15) is 0 Å². The molecule has 0 saturated heterocycles. The lowest BCUT2D eigenvalue weighted by Crippen LogP contribution is -2.27. The number of pyridine rings is 1. The Morgan fingerprint density at radius 3 is 2.44 bits per heavy atom. The maximum atomic E-state index is 9.50. The second-order valence-corrected chi connectivity index (χ2v) is 4.32. The third-order valence-electron chi connectivity index (χ3n) is 3.02. The molecular weight excluding hydrogens is 224 g/mol. The van der Waals surface area contributed by atoms with Gasteiger partial charge in [0.15, 0.2) is 0 Å². The van der Waals surface area contributed by atoms with Gasteiger partial charge in [-0.25, -0.2) is 0 Å². The minimum atomic E-state index is -0.0543. The zero-order valence-electron chi connectivity index (χ0n) is 10.5. The fraction of sp³-hybridized carbons (Fsp3) is 0.267. The summed E-state index contributed by atoms with van der Waals surface area (Å²) in [4.78, 5) is 4.11. The fourth-order valence-corrected chi connectivity index (χ4v) is 1.97. The molecule has 1 aromatic heterocycles. The van der Waals surface area contributed by atoms with Crippen LogP contribution in [0.25, 0.3) is 0 Å². The van der Waals surface area contributed by atoms with Gasteiger partial charge in [0.05, 0.1) is 12.6 Å². The van der Waals surface area contributed by atoms with Gasteiger partial charge >= 0.3 is 0 Å². The highest BCUT2D eigenvalue weighted by atomic mass is 16.3. The first-order valence-electron chi connectivity index (χ1n) is 6.13. The van der Waals surface area contributed by atoms with E-state index in [1.54, 1.807) is 6.20 Å². The van der Waals surface area contributed by atoms with Crippen molar-refractivity contribution in [2.24, 2.45) is 0 Å². The summed E-state index contributed by atoms with van der Waals surface area (Å²) in [5.74, 6) is 0. The molecule has 0 fully saturated rings. The second-order valence-electron chi connectivity index (χ2n) is 4.32. The van der Waals surface area contributed by atoms with E-state index in [-0.39, 0.29) is 18.7 Å². The van der Waals surface area contributed by atoms with Crippen LogP contribution in [-0.4, -0.2) is 16.7 Å². The molecule has 94 valence electrons. The molecule has 0 aliphatic carbocycles. The molecule has 0 aliphatic rings. The van der Waals surface area contributed by atoms with Gasteiger partial charge in [-0.05, 0) is 24.1 Å². The molecule has 0 bridgehead atoms. The summed E-state index contributed by atoms with van der Waals surface area (Å²) in [6.07, 6.45) is 3.61. The first-order chi connectivity index (χ1) is 8.81.